The molecule has 1 heterocycles. The zero-order valence-electron chi connectivity index (χ0n) is 12.7. The van der Waals surface area contributed by atoms with E-state index in [1.54, 1.807) is 0 Å². The summed E-state index contributed by atoms with van der Waals surface area (Å²) in [6, 6.07) is 4.70. The van der Waals surface area contributed by atoms with Crippen molar-refractivity contribution < 1.29 is 27.5 Å². The Labute approximate surface area is 135 Å². The molecule has 0 radical (unpaired) electrons. The van der Waals surface area contributed by atoms with Crippen LogP contribution in [0.1, 0.15) is 42.5 Å². The fraction of sp³-hybridized carbons (Fsp3) is 0.500. The predicted octanol–water partition coefficient (Wildman–Crippen LogP) is 3.47. The molecule has 24 heavy (non-hydrogen) atoms. The molecule has 1 amide bonds. The number of fused-ring (bicyclic) bond motifs is 1. The lowest BCUT2D eigenvalue weighted by molar-refractivity contribution is -0.312. The molecular weight excluding hydrogens is 328 g/mol. The quantitative estimate of drug-likeness (QED) is 0.793. The molecule has 0 aromatic heterocycles. The van der Waals surface area contributed by atoms with Gasteiger partial charge in [-0.1, -0.05) is 25.0 Å². The fourth-order valence-corrected chi connectivity index (χ4v) is 3.34. The van der Waals surface area contributed by atoms with Gasteiger partial charge >= 0.3 is 6.18 Å². The second kappa shape index (κ2) is 5.84. The van der Waals surface area contributed by atoms with Crippen molar-refractivity contribution in [1.29, 1.82) is 0 Å². The van der Waals surface area contributed by atoms with Crippen LogP contribution in [0.4, 0.5) is 17.6 Å². The minimum Gasteiger partial charge on any atom is -0.362 e. The second-order valence-corrected chi connectivity index (χ2v) is 6.06. The van der Waals surface area contributed by atoms with Crippen LogP contribution in [0.2, 0.25) is 0 Å². The van der Waals surface area contributed by atoms with Crippen molar-refractivity contribution in [2.75, 3.05) is 0 Å². The molecular formula is C16H16F4N2O2. The van der Waals surface area contributed by atoms with Gasteiger partial charge in [-0.05, 0) is 31.4 Å². The number of alkyl halides is 3. The predicted molar refractivity (Wildman–Crippen MR) is 77.6 cm³/mol. The number of rotatable bonds is 1. The number of aliphatic hydroxyl groups is 1. The fourth-order valence-electron chi connectivity index (χ4n) is 3.34. The van der Waals surface area contributed by atoms with Gasteiger partial charge < -0.3 is 5.11 Å². The lowest BCUT2D eigenvalue weighted by Crippen LogP contribution is -2.61. The average molecular weight is 344 g/mol. The van der Waals surface area contributed by atoms with Crippen molar-refractivity contribution in [2.24, 2.45) is 11.0 Å². The molecule has 1 saturated carbocycles. The van der Waals surface area contributed by atoms with Crippen LogP contribution >= 0.6 is 0 Å². The van der Waals surface area contributed by atoms with Gasteiger partial charge in [0, 0.05) is 5.71 Å². The number of nitrogens with zero attached hydrogens (tertiary/aromatic N) is 2. The van der Waals surface area contributed by atoms with E-state index in [1.165, 1.54) is 12.1 Å². The van der Waals surface area contributed by atoms with E-state index in [0.29, 0.717) is 12.8 Å². The highest BCUT2D eigenvalue weighted by molar-refractivity contribution is 5.99. The molecule has 2 aliphatic rings. The summed E-state index contributed by atoms with van der Waals surface area (Å²) in [6.45, 7) is 0. The molecule has 1 fully saturated rings. The minimum atomic E-state index is -5.10. The molecule has 2 atom stereocenters. The molecule has 0 saturated heterocycles. The summed E-state index contributed by atoms with van der Waals surface area (Å²) in [5, 5.41) is 14.3. The molecule has 1 aromatic carbocycles. The molecule has 1 N–H and O–H groups in total. The van der Waals surface area contributed by atoms with Gasteiger partial charge in [-0.15, -0.1) is 0 Å². The number of benzene rings is 1. The van der Waals surface area contributed by atoms with Crippen LogP contribution < -0.4 is 0 Å². The van der Waals surface area contributed by atoms with Gasteiger partial charge in [0.2, 0.25) is 0 Å². The normalized spacial score (nSPS) is 27.5. The standard InChI is InChI=1S/C16H16F4N2O2/c17-12-8-5-4-6-10(12)14(23)22-15(24,16(18,19)20)11-7-2-1-3-9-13(11)21-22/h4-6,8,11,24H,1-3,7,9H2/t11-,15-/m0/s1. The Morgan fingerprint density at radius 2 is 1.96 bits per heavy atom. The SMILES string of the molecule is O=C(c1ccccc1F)N1N=C2CCCCC[C@@H]2[C@]1(O)C(F)(F)F. The van der Waals surface area contributed by atoms with Crippen molar-refractivity contribution in [3.63, 3.8) is 0 Å². The lowest BCUT2D eigenvalue weighted by atomic mass is 9.87. The number of carbonyl (C=O) groups is 1. The Morgan fingerprint density at radius 3 is 2.62 bits per heavy atom. The highest BCUT2D eigenvalue weighted by Crippen LogP contribution is 2.48. The van der Waals surface area contributed by atoms with E-state index in [1.807, 2.05) is 0 Å². The molecule has 1 aliphatic carbocycles. The van der Waals surface area contributed by atoms with Gasteiger partial charge in [0.25, 0.3) is 11.6 Å². The number of amides is 1. The third-order valence-corrected chi connectivity index (χ3v) is 4.58. The zero-order chi connectivity index (χ0) is 17.5. The molecule has 0 unspecified atom stereocenters. The van der Waals surface area contributed by atoms with Crippen LogP contribution in [0.3, 0.4) is 0 Å². The van der Waals surface area contributed by atoms with E-state index in [-0.39, 0.29) is 23.6 Å². The zero-order valence-corrected chi connectivity index (χ0v) is 12.7. The Kier molecular flexibility index (Phi) is 4.11. The van der Waals surface area contributed by atoms with Crippen molar-refractivity contribution in [2.45, 2.75) is 44.0 Å². The molecule has 8 heteroatoms. The molecule has 0 spiro atoms. The average Bonchev–Trinajstić information content (AvgIpc) is 2.68. The first kappa shape index (κ1) is 16.9. The van der Waals surface area contributed by atoms with Gasteiger partial charge in [-0.2, -0.15) is 23.3 Å². The second-order valence-electron chi connectivity index (χ2n) is 6.06. The maximum Gasteiger partial charge on any atom is 0.439 e. The first-order chi connectivity index (χ1) is 11.3. The monoisotopic (exact) mass is 344 g/mol. The largest absolute Gasteiger partial charge is 0.439 e. The Bertz CT molecular complexity index is 689. The van der Waals surface area contributed by atoms with Crippen molar-refractivity contribution in [3.8, 4) is 0 Å². The third kappa shape index (κ3) is 2.49. The summed E-state index contributed by atoms with van der Waals surface area (Å²) < 4.78 is 54.8. The Hall–Kier alpha value is -1.96. The van der Waals surface area contributed by atoms with Crippen molar-refractivity contribution in [3.05, 3.63) is 35.6 Å². The van der Waals surface area contributed by atoms with E-state index in [0.717, 1.165) is 18.6 Å². The number of hydrogen-bond acceptors (Lipinski definition) is 3. The van der Waals surface area contributed by atoms with Gasteiger partial charge in [0.1, 0.15) is 5.82 Å². The van der Waals surface area contributed by atoms with Crippen molar-refractivity contribution >= 4 is 11.6 Å². The Balaban J connectivity index is 2.07. The van der Waals surface area contributed by atoms with Crippen LogP contribution in [0, 0.1) is 11.7 Å². The van der Waals surface area contributed by atoms with Crippen LogP contribution in [0.5, 0.6) is 0 Å². The van der Waals surface area contributed by atoms with Gasteiger partial charge in [-0.25, -0.2) is 4.39 Å². The van der Waals surface area contributed by atoms with E-state index < -0.39 is 35.1 Å². The number of carbonyl (C=O) groups excluding carboxylic acids is 1. The summed E-state index contributed by atoms with van der Waals surface area (Å²) in [7, 11) is 0. The third-order valence-electron chi connectivity index (χ3n) is 4.58. The lowest BCUT2D eigenvalue weighted by Gasteiger charge is -2.37. The minimum absolute atomic E-state index is 0.0245. The smallest absolute Gasteiger partial charge is 0.362 e. The van der Waals surface area contributed by atoms with E-state index >= 15 is 0 Å². The highest BCUT2D eigenvalue weighted by atomic mass is 19.4. The molecule has 0 bridgehead atoms. The molecule has 1 aliphatic heterocycles. The number of hydrazone groups is 1. The number of hydrogen-bond donors (Lipinski definition) is 1. The first-order valence-corrected chi connectivity index (χ1v) is 7.72. The first-order valence-electron chi connectivity index (χ1n) is 7.72. The number of halogens is 4. The van der Waals surface area contributed by atoms with Gasteiger partial charge in [0.15, 0.2) is 0 Å². The summed E-state index contributed by atoms with van der Waals surface area (Å²) in [5.41, 5.74) is -3.84. The summed E-state index contributed by atoms with van der Waals surface area (Å²) in [6.07, 6.45) is -2.85. The maximum absolute atomic E-state index is 13.8. The van der Waals surface area contributed by atoms with Crippen LogP contribution in [0.25, 0.3) is 0 Å². The summed E-state index contributed by atoms with van der Waals surface area (Å²) in [5.74, 6) is -3.57. The van der Waals surface area contributed by atoms with E-state index in [9.17, 15) is 27.5 Å². The van der Waals surface area contributed by atoms with Gasteiger partial charge in [-0.3, -0.25) is 4.79 Å². The summed E-state index contributed by atoms with van der Waals surface area (Å²) >= 11 is 0. The maximum atomic E-state index is 13.8. The van der Waals surface area contributed by atoms with E-state index in [4.69, 9.17) is 0 Å². The van der Waals surface area contributed by atoms with Crippen LogP contribution in [-0.2, 0) is 0 Å². The molecule has 4 nitrogen and oxygen atoms in total. The Morgan fingerprint density at radius 1 is 1.25 bits per heavy atom. The molecule has 3 rings (SSSR count). The topological polar surface area (TPSA) is 52.9 Å². The van der Waals surface area contributed by atoms with Gasteiger partial charge in [0.05, 0.1) is 11.5 Å². The highest BCUT2D eigenvalue weighted by Gasteiger charge is 2.68. The molecule has 130 valence electrons. The molecule has 1 aromatic rings. The van der Waals surface area contributed by atoms with E-state index in [2.05, 4.69) is 5.10 Å². The van der Waals surface area contributed by atoms with Crippen LogP contribution in [-0.4, -0.2) is 33.6 Å². The van der Waals surface area contributed by atoms with Crippen LogP contribution in [0.15, 0.2) is 29.4 Å². The summed E-state index contributed by atoms with van der Waals surface area (Å²) in [4.78, 5) is 12.5. The van der Waals surface area contributed by atoms with Crippen molar-refractivity contribution in [1.82, 2.24) is 5.01 Å².